The van der Waals surface area contributed by atoms with Gasteiger partial charge in [0.15, 0.2) is 5.76 Å². The second-order valence-corrected chi connectivity index (χ2v) is 7.66. The van der Waals surface area contributed by atoms with Crippen LogP contribution in [0, 0.1) is 6.92 Å². The van der Waals surface area contributed by atoms with Crippen molar-refractivity contribution in [2.24, 2.45) is 0 Å². The summed E-state index contributed by atoms with van der Waals surface area (Å²) in [5.74, 6) is 1.33. The second-order valence-electron chi connectivity index (χ2n) is 6.81. The smallest absolute Gasteiger partial charge is 0.236 e. The lowest BCUT2D eigenvalue weighted by Crippen LogP contribution is -2.28. The number of carbonyl (C=O) groups is 1. The number of methoxy groups -OCH3 is 1. The Balaban J connectivity index is 1.56. The van der Waals surface area contributed by atoms with Gasteiger partial charge in [0, 0.05) is 21.8 Å². The number of aryl methyl sites for hydroxylation is 1. The summed E-state index contributed by atoms with van der Waals surface area (Å²) in [6, 6.07) is 15.2. The van der Waals surface area contributed by atoms with Gasteiger partial charge in [-0.3, -0.25) is 4.79 Å². The van der Waals surface area contributed by atoms with Crippen molar-refractivity contribution in [3.8, 4) is 17.1 Å². The third kappa shape index (κ3) is 3.37. The van der Waals surface area contributed by atoms with E-state index in [-0.39, 0.29) is 5.91 Å². The first kappa shape index (κ1) is 17.8. The summed E-state index contributed by atoms with van der Waals surface area (Å²) in [6.45, 7) is 1.99. The third-order valence-electron chi connectivity index (χ3n) is 4.96. The zero-order valence-corrected chi connectivity index (χ0v) is 16.7. The number of carbonyl (C=O) groups excluding carboxylic acids is 1. The van der Waals surface area contributed by atoms with Crippen LogP contribution in [-0.2, 0) is 10.2 Å². The highest BCUT2D eigenvalue weighted by Crippen LogP contribution is 2.49. The van der Waals surface area contributed by atoms with Gasteiger partial charge < -0.3 is 14.6 Å². The first-order valence-corrected chi connectivity index (χ1v) is 9.50. The number of aromatic nitrogens is 1. The van der Waals surface area contributed by atoms with Crippen LogP contribution < -0.4 is 10.1 Å². The zero-order valence-electron chi connectivity index (χ0n) is 15.1. The summed E-state index contributed by atoms with van der Waals surface area (Å²) in [7, 11) is 1.62. The molecule has 0 aliphatic heterocycles. The van der Waals surface area contributed by atoms with Crippen molar-refractivity contribution in [3.05, 3.63) is 64.3 Å². The maximum atomic E-state index is 12.9. The number of anilines is 1. The van der Waals surface area contributed by atoms with E-state index in [0.29, 0.717) is 11.5 Å². The first-order valence-electron chi connectivity index (χ1n) is 8.71. The highest BCUT2D eigenvalue weighted by atomic mass is 79.9. The summed E-state index contributed by atoms with van der Waals surface area (Å²) < 4.78 is 11.8. The molecular formula is C21H19BrN2O3. The van der Waals surface area contributed by atoms with E-state index in [9.17, 15) is 4.79 Å². The maximum absolute atomic E-state index is 12.9. The lowest BCUT2D eigenvalue weighted by Gasteiger charge is -2.13. The fraction of sp³-hybridized carbons (Fsp3) is 0.238. The van der Waals surface area contributed by atoms with Crippen LogP contribution in [0.4, 0.5) is 5.69 Å². The summed E-state index contributed by atoms with van der Waals surface area (Å²) in [4.78, 5) is 12.9. The molecule has 6 heteroatoms. The van der Waals surface area contributed by atoms with Crippen molar-refractivity contribution in [2.45, 2.75) is 25.2 Å². The van der Waals surface area contributed by atoms with Crippen LogP contribution in [0.5, 0.6) is 5.75 Å². The number of benzene rings is 2. The van der Waals surface area contributed by atoms with Gasteiger partial charge in [-0.1, -0.05) is 33.2 Å². The van der Waals surface area contributed by atoms with Crippen LogP contribution >= 0.6 is 15.9 Å². The number of rotatable bonds is 5. The molecule has 27 heavy (non-hydrogen) atoms. The van der Waals surface area contributed by atoms with E-state index >= 15 is 0 Å². The Bertz CT molecular complexity index is 1010. The lowest BCUT2D eigenvalue weighted by molar-refractivity contribution is -0.118. The molecule has 0 radical (unpaired) electrons. The quantitative estimate of drug-likeness (QED) is 0.616. The van der Waals surface area contributed by atoms with E-state index < -0.39 is 5.41 Å². The van der Waals surface area contributed by atoms with Gasteiger partial charge in [0.2, 0.25) is 5.91 Å². The van der Waals surface area contributed by atoms with Gasteiger partial charge in [0.05, 0.1) is 18.2 Å². The van der Waals surface area contributed by atoms with Crippen LogP contribution in [0.2, 0.25) is 0 Å². The highest BCUT2D eigenvalue weighted by molar-refractivity contribution is 9.10. The molecule has 0 atom stereocenters. The minimum atomic E-state index is -0.610. The molecule has 0 bridgehead atoms. The summed E-state index contributed by atoms with van der Waals surface area (Å²) in [5, 5.41) is 7.21. The van der Waals surface area contributed by atoms with E-state index in [0.717, 1.165) is 39.9 Å². The summed E-state index contributed by atoms with van der Waals surface area (Å²) in [5.41, 5.74) is 2.78. The van der Waals surface area contributed by atoms with Crippen LogP contribution in [0.3, 0.4) is 0 Å². The van der Waals surface area contributed by atoms with Gasteiger partial charge >= 0.3 is 0 Å². The molecule has 1 N–H and O–H groups in total. The standard InChI is InChI=1S/C21H19BrN2O3/c1-13-10-15(6-7-17(13)22)23-20(25)21(8-9-21)19-12-18(27-24-19)14-4-3-5-16(11-14)26-2/h3-7,10-12H,8-9H2,1-2H3,(H,23,25). The van der Waals surface area contributed by atoms with Gasteiger partial charge in [-0.15, -0.1) is 0 Å². The van der Waals surface area contributed by atoms with Crippen LogP contribution in [0.25, 0.3) is 11.3 Å². The molecule has 1 amide bonds. The Morgan fingerprint density at radius 3 is 2.74 bits per heavy atom. The Morgan fingerprint density at radius 2 is 2.04 bits per heavy atom. The van der Waals surface area contributed by atoms with Gasteiger partial charge in [-0.05, 0) is 55.7 Å². The molecule has 1 heterocycles. The average Bonchev–Trinajstić information content (AvgIpc) is 3.34. The molecule has 3 aromatic rings. The molecule has 5 nitrogen and oxygen atoms in total. The van der Waals surface area contributed by atoms with E-state index in [1.807, 2.05) is 55.5 Å². The average molecular weight is 427 g/mol. The number of nitrogens with zero attached hydrogens (tertiary/aromatic N) is 1. The summed E-state index contributed by atoms with van der Waals surface area (Å²) >= 11 is 3.48. The largest absolute Gasteiger partial charge is 0.497 e. The number of nitrogens with one attached hydrogen (secondary N) is 1. The molecule has 0 saturated heterocycles. The molecule has 138 valence electrons. The van der Waals surface area contributed by atoms with Gasteiger partial charge in [-0.2, -0.15) is 0 Å². The molecule has 1 fully saturated rings. The van der Waals surface area contributed by atoms with E-state index in [2.05, 4.69) is 26.4 Å². The Morgan fingerprint density at radius 1 is 1.22 bits per heavy atom. The molecule has 1 aliphatic carbocycles. The minimum absolute atomic E-state index is 0.0466. The first-order chi connectivity index (χ1) is 13.0. The number of hydrogen-bond donors (Lipinski definition) is 1. The topological polar surface area (TPSA) is 64.4 Å². The molecular weight excluding hydrogens is 408 g/mol. The Kier molecular flexibility index (Phi) is 4.52. The normalized spacial score (nSPS) is 14.6. The molecule has 1 aromatic heterocycles. The van der Waals surface area contributed by atoms with Gasteiger partial charge in [0.1, 0.15) is 5.75 Å². The summed E-state index contributed by atoms with van der Waals surface area (Å²) in [6.07, 6.45) is 1.52. The molecule has 1 aliphatic rings. The van der Waals surface area contributed by atoms with Crippen LogP contribution in [-0.4, -0.2) is 18.2 Å². The Labute approximate surface area is 165 Å². The number of amides is 1. The molecule has 0 unspecified atom stereocenters. The lowest BCUT2D eigenvalue weighted by atomic mass is 10.00. The SMILES string of the molecule is COc1cccc(-c2cc(C3(C(=O)Nc4ccc(Br)c(C)c4)CC3)no2)c1. The van der Waals surface area contributed by atoms with Crippen molar-refractivity contribution < 1.29 is 14.1 Å². The van der Waals surface area contributed by atoms with E-state index in [1.165, 1.54) is 0 Å². The minimum Gasteiger partial charge on any atom is -0.497 e. The van der Waals surface area contributed by atoms with Gasteiger partial charge in [-0.25, -0.2) is 0 Å². The zero-order chi connectivity index (χ0) is 19.0. The molecule has 4 rings (SSSR count). The van der Waals surface area contributed by atoms with Crippen LogP contribution in [0.15, 0.2) is 57.5 Å². The van der Waals surface area contributed by atoms with Gasteiger partial charge in [0.25, 0.3) is 0 Å². The third-order valence-corrected chi connectivity index (χ3v) is 5.84. The fourth-order valence-electron chi connectivity index (χ4n) is 3.11. The maximum Gasteiger partial charge on any atom is 0.236 e. The molecule has 2 aromatic carbocycles. The number of hydrogen-bond acceptors (Lipinski definition) is 4. The van der Waals surface area contributed by atoms with Crippen molar-refractivity contribution in [3.63, 3.8) is 0 Å². The monoisotopic (exact) mass is 426 g/mol. The van der Waals surface area contributed by atoms with E-state index in [1.54, 1.807) is 7.11 Å². The molecule has 0 spiro atoms. The van der Waals surface area contributed by atoms with Crippen molar-refractivity contribution in [1.29, 1.82) is 0 Å². The van der Waals surface area contributed by atoms with Crippen molar-refractivity contribution >= 4 is 27.5 Å². The molecule has 1 saturated carbocycles. The predicted molar refractivity (Wildman–Crippen MR) is 107 cm³/mol. The number of halogens is 1. The van der Waals surface area contributed by atoms with Crippen molar-refractivity contribution in [2.75, 3.05) is 12.4 Å². The second kappa shape index (κ2) is 6.85. The Hall–Kier alpha value is -2.60. The number of ether oxygens (including phenoxy) is 1. The van der Waals surface area contributed by atoms with Crippen molar-refractivity contribution in [1.82, 2.24) is 5.16 Å². The van der Waals surface area contributed by atoms with Crippen LogP contribution in [0.1, 0.15) is 24.1 Å². The fourth-order valence-corrected chi connectivity index (χ4v) is 3.36. The predicted octanol–water partition coefficient (Wildman–Crippen LogP) is 5.09. The highest BCUT2D eigenvalue weighted by Gasteiger charge is 2.53. The van der Waals surface area contributed by atoms with E-state index in [4.69, 9.17) is 9.26 Å².